The molecule has 1 aromatic rings. The van der Waals surface area contributed by atoms with E-state index in [0.717, 1.165) is 3.57 Å². The maximum absolute atomic E-state index is 11.7. The van der Waals surface area contributed by atoms with Crippen LogP contribution in [0.3, 0.4) is 0 Å². The zero-order valence-electron chi connectivity index (χ0n) is 8.77. The second-order valence-corrected chi connectivity index (χ2v) is 5.74. The molecule has 1 aromatic heterocycles. The maximum atomic E-state index is 11.7. The highest BCUT2D eigenvalue weighted by Crippen LogP contribution is 2.22. The summed E-state index contributed by atoms with van der Waals surface area (Å²) in [5.74, 6) is -0.0375. The number of rotatable bonds is 1. The van der Waals surface area contributed by atoms with E-state index in [2.05, 4.69) is 32.9 Å². The minimum atomic E-state index is -0.414. The molecular formula is C10H12ClIN2O. The first-order valence-electron chi connectivity index (χ1n) is 4.43. The standard InChI is InChI=1S/C10H12ClIN2O/c1-10(2,3)9(15)14-7-5-13-8(11)4-6(7)12/h4-5H,1-3H3,(H,14,15). The van der Waals surface area contributed by atoms with Gasteiger partial charge >= 0.3 is 0 Å². The van der Waals surface area contributed by atoms with Crippen molar-refractivity contribution in [2.75, 3.05) is 5.32 Å². The smallest absolute Gasteiger partial charge is 0.229 e. The van der Waals surface area contributed by atoms with Crippen LogP contribution in [-0.4, -0.2) is 10.9 Å². The van der Waals surface area contributed by atoms with E-state index < -0.39 is 5.41 Å². The first kappa shape index (κ1) is 12.7. The van der Waals surface area contributed by atoms with E-state index in [9.17, 15) is 4.79 Å². The van der Waals surface area contributed by atoms with E-state index in [-0.39, 0.29) is 5.91 Å². The lowest BCUT2D eigenvalue weighted by atomic mass is 9.96. The second kappa shape index (κ2) is 4.65. The summed E-state index contributed by atoms with van der Waals surface area (Å²) in [5, 5.41) is 3.23. The van der Waals surface area contributed by atoms with Crippen LogP contribution in [0.2, 0.25) is 5.15 Å². The van der Waals surface area contributed by atoms with E-state index in [1.165, 1.54) is 0 Å². The van der Waals surface area contributed by atoms with Crippen molar-refractivity contribution in [2.45, 2.75) is 20.8 Å². The van der Waals surface area contributed by atoms with Crippen molar-refractivity contribution in [3.05, 3.63) is 21.0 Å². The van der Waals surface area contributed by atoms with Gasteiger partial charge in [-0.05, 0) is 28.7 Å². The van der Waals surface area contributed by atoms with Crippen molar-refractivity contribution >= 4 is 45.8 Å². The Labute approximate surface area is 108 Å². The van der Waals surface area contributed by atoms with Gasteiger partial charge in [0, 0.05) is 8.99 Å². The first-order valence-corrected chi connectivity index (χ1v) is 5.89. The van der Waals surface area contributed by atoms with Crippen LogP contribution >= 0.6 is 34.2 Å². The van der Waals surface area contributed by atoms with Crippen LogP contribution in [0.25, 0.3) is 0 Å². The zero-order valence-corrected chi connectivity index (χ0v) is 11.7. The Morgan fingerprint density at radius 3 is 2.60 bits per heavy atom. The van der Waals surface area contributed by atoms with E-state index >= 15 is 0 Å². The predicted octanol–water partition coefficient (Wildman–Crippen LogP) is 3.32. The second-order valence-electron chi connectivity index (χ2n) is 4.19. The Bertz CT molecular complexity index is 387. The van der Waals surface area contributed by atoms with Gasteiger partial charge in [0.2, 0.25) is 5.91 Å². The monoisotopic (exact) mass is 338 g/mol. The van der Waals surface area contributed by atoms with Gasteiger partial charge in [-0.2, -0.15) is 0 Å². The SMILES string of the molecule is CC(C)(C)C(=O)Nc1cnc(Cl)cc1I. The predicted molar refractivity (Wildman–Crippen MR) is 70.0 cm³/mol. The van der Waals surface area contributed by atoms with E-state index in [0.29, 0.717) is 10.8 Å². The molecule has 0 radical (unpaired) electrons. The third kappa shape index (κ3) is 3.61. The fourth-order valence-corrected chi connectivity index (χ4v) is 1.72. The summed E-state index contributed by atoms with van der Waals surface area (Å²) < 4.78 is 0.880. The van der Waals surface area contributed by atoms with Gasteiger partial charge in [0.25, 0.3) is 0 Å². The minimum absolute atomic E-state index is 0.0375. The number of nitrogens with one attached hydrogen (secondary N) is 1. The van der Waals surface area contributed by atoms with E-state index in [4.69, 9.17) is 11.6 Å². The number of hydrogen-bond donors (Lipinski definition) is 1. The number of amides is 1. The quantitative estimate of drug-likeness (QED) is 0.630. The van der Waals surface area contributed by atoms with E-state index in [1.54, 1.807) is 12.3 Å². The molecule has 0 spiro atoms. The molecule has 0 saturated heterocycles. The van der Waals surface area contributed by atoms with Crippen molar-refractivity contribution in [3.8, 4) is 0 Å². The highest BCUT2D eigenvalue weighted by Gasteiger charge is 2.21. The molecule has 1 rings (SSSR count). The molecule has 0 aliphatic rings. The molecule has 0 fully saturated rings. The molecule has 5 heteroatoms. The molecule has 0 saturated carbocycles. The Kier molecular flexibility index (Phi) is 3.94. The normalized spacial score (nSPS) is 11.3. The Balaban J connectivity index is 2.87. The van der Waals surface area contributed by atoms with Crippen LogP contribution in [0, 0.1) is 8.99 Å². The number of hydrogen-bond acceptors (Lipinski definition) is 2. The topological polar surface area (TPSA) is 42.0 Å². The summed E-state index contributed by atoms with van der Waals surface area (Å²) in [4.78, 5) is 15.6. The van der Waals surface area contributed by atoms with Crippen molar-refractivity contribution in [2.24, 2.45) is 5.41 Å². The highest BCUT2D eigenvalue weighted by atomic mass is 127. The highest BCUT2D eigenvalue weighted by molar-refractivity contribution is 14.1. The number of pyridine rings is 1. The number of carbonyl (C=O) groups is 1. The lowest BCUT2D eigenvalue weighted by Gasteiger charge is -2.18. The van der Waals surface area contributed by atoms with Crippen LogP contribution in [-0.2, 0) is 4.79 Å². The molecule has 0 aromatic carbocycles. The van der Waals surface area contributed by atoms with Crippen molar-refractivity contribution in [3.63, 3.8) is 0 Å². The van der Waals surface area contributed by atoms with Gasteiger partial charge in [-0.1, -0.05) is 32.4 Å². The number of anilines is 1. The molecule has 1 heterocycles. The molecule has 15 heavy (non-hydrogen) atoms. The number of halogens is 2. The summed E-state index contributed by atoms with van der Waals surface area (Å²) in [6, 6.07) is 1.71. The van der Waals surface area contributed by atoms with Gasteiger partial charge in [-0.3, -0.25) is 4.79 Å². The van der Waals surface area contributed by atoms with Crippen LogP contribution < -0.4 is 5.32 Å². The van der Waals surface area contributed by atoms with Crippen LogP contribution in [0.1, 0.15) is 20.8 Å². The molecule has 0 aliphatic heterocycles. The molecule has 0 aliphatic carbocycles. The lowest BCUT2D eigenvalue weighted by Crippen LogP contribution is -2.28. The molecule has 0 bridgehead atoms. The Hall–Kier alpha value is -0.360. The first-order chi connectivity index (χ1) is 6.80. The van der Waals surface area contributed by atoms with Gasteiger partial charge < -0.3 is 5.32 Å². The van der Waals surface area contributed by atoms with Crippen molar-refractivity contribution < 1.29 is 4.79 Å². The van der Waals surface area contributed by atoms with Gasteiger partial charge in [0.05, 0.1) is 11.9 Å². The Morgan fingerprint density at radius 2 is 2.13 bits per heavy atom. The van der Waals surface area contributed by atoms with Crippen LogP contribution in [0.4, 0.5) is 5.69 Å². The average Bonchev–Trinajstić information content (AvgIpc) is 2.08. The number of nitrogens with zero attached hydrogens (tertiary/aromatic N) is 1. The summed E-state index contributed by atoms with van der Waals surface area (Å²) in [5.41, 5.74) is 0.280. The Morgan fingerprint density at radius 1 is 1.53 bits per heavy atom. The summed E-state index contributed by atoms with van der Waals surface area (Å²) in [6.07, 6.45) is 1.56. The van der Waals surface area contributed by atoms with Crippen LogP contribution in [0.5, 0.6) is 0 Å². The molecule has 0 unspecified atom stereocenters. The number of aromatic nitrogens is 1. The fourth-order valence-electron chi connectivity index (χ4n) is 0.809. The van der Waals surface area contributed by atoms with Gasteiger partial charge in [0.15, 0.2) is 0 Å². The molecule has 1 amide bonds. The minimum Gasteiger partial charge on any atom is -0.323 e. The number of carbonyl (C=O) groups excluding carboxylic acids is 1. The summed E-state index contributed by atoms with van der Waals surface area (Å²) >= 11 is 7.82. The molecule has 1 N–H and O–H groups in total. The average molecular weight is 339 g/mol. The molecule has 3 nitrogen and oxygen atoms in total. The fraction of sp³-hybridized carbons (Fsp3) is 0.400. The summed E-state index contributed by atoms with van der Waals surface area (Å²) in [7, 11) is 0. The molecular weight excluding hydrogens is 326 g/mol. The van der Waals surface area contributed by atoms with Gasteiger partial charge in [-0.25, -0.2) is 4.98 Å². The van der Waals surface area contributed by atoms with E-state index in [1.807, 2.05) is 20.8 Å². The molecule has 82 valence electrons. The van der Waals surface area contributed by atoms with Gasteiger partial charge in [-0.15, -0.1) is 0 Å². The van der Waals surface area contributed by atoms with Crippen molar-refractivity contribution in [1.82, 2.24) is 4.98 Å². The third-order valence-electron chi connectivity index (χ3n) is 1.75. The largest absolute Gasteiger partial charge is 0.323 e. The third-order valence-corrected chi connectivity index (χ3v) is 2.85. The van der Waals surface area contributed by atoms with Crippen LogP contribution in [0.15, 0.2) is 12.3 Å². The van der Waals surface area contributed by atoms with Crippen molar-refractivity contribution in [1.29, 1.82) is 0 Å². The zero-order chi connectivity index (χ0) is 11.6. The van der Waals surface area contributed by atoms with Gasteiger partial charge in [0.1, 0.15) is 5.15 Å². The maximum Gasteiger partial charge on any atom is 0.229 e. The lowest BCUT2D eigenvalue weighted by molar-refractivity contribution is -0.123. The molecule has 0 atom stereocenters. The summed E-state index contributed by atoms with van der Waals surface area (Å²) in [6.45, 7) is 5.58.